The Morgan fingerprint density at radius 3 is 2.70 bits per heavy atom. The molecule has 7 heteroatoms. The fourth-order valence-corrected chi connectivity index (χ4v) is 2.12. The van der Waals surface area contributed by atoms with Gasteiger partial charge >= 0.3 is 0 Å². The maximum absolute atomic E-state index is 11.8. The monoisotopic (exact) mass is 315 g/mol. The highest BCUT2D eigenvalue weighted by Gasteiger charge is 2.14. The summed E-state index contributed by atoms with van der Waals surface area (Å²) >= 11 is 0. The van der Waals surface area contributed by atoms with E-state index in [-0.39, 0.29) is 17.5 Å². The van der Waals surface area contributed by atoms with Crippen molar-refractivity contribution in [3.63, 3.8) is 0 Å². The molecule has 0 aromatic carbocycles. The van der Waals surface area contributed by atoms with Crippen LogP contribution in [-0.2, 0) is 11.2 Å². The van der Waals surface area contributed by atoms with Crippen LogP contribution in [0.1, 0.15) is 19.5 Å². The molecule has 2 aromatic heterocycles. The highest BCUT2D eigenvalue weighted by atomic mass is 16.2. The molecular weight excluding hydrogens is 294 g/mol. The number of carbonyl (C=O) groups excluding carboxylic acids is 1. The Balaban J connectivity index is 2.18. The third-order valence-corrected chi connectivity index (χ3v) is 3.37. The van der Waals surface area contributed by atoms with Crippen molar-refractivity contribution in [3.05, 3.63) is 40.4 Å². The summed E-state index contributed by atoms with van der Waals surface area (Å²) in [7, 11) is 3.42. The highest BCUT2D eigenvalue weighted by molar-refractivity contribution is 5.83. The van der Waals surface area contributed by atoms with Crippen LogP contribution in [0.2, 0.25) is 0 Å². The number of H-pyrrole nitrogens is 1. The van der Waals surface area contributed by atoms with Crippen LogP contribution in [0.3, 0.4) is 0 Å². The van der Waals surface area contributed by atoms with Crippen molar-refractivity contribution < 1.29 is 4.79 Å². The van der Waals surface area contributed by atoms with Gasteiger partial charge in [-0.1, -0.05) is 6.92 Å². The first-order valence-corrected chi connectivity index (χ1v) is 7.45. The van der Waals surface area contributed by atoms with E-state index in [1.165, 1.54) is 11.0 Å². The van der Waals surface area contributed by atoms with Crippen LogP contribution in [0.25, 0.3) is 11.4 Å². The Labute approximate surface area is 134 Å². The summed E-state index contributed by atoms with van der Waals surface area (Å²) in [5.74, 6) is 1.05. The van der Waals surface area contributed by atoms with Gasteiger partial charge in [0.25, 0.3) is 5.56 Å². The molecular formula is C16H21N5O2. The summed E-state index contributed by atoms with van der Waals surface area (Å²) < 4.78 is 0. The maximum atomic E-state index is 11.8. The van der Waals surface area contributed by atoms with Gasteiger partial charge in [-0.2, -0.15) is 0 Å². The lowest BCUT2D eigenvalue weighted by Gasteiger charge is -2.18. The van der Waals surface area contributed by atoms with Crippen LogP contribution in [0.4, 0.5) is 5.82 Å². The lowest BCUT2D eigenvalue weighted by Crippen LogP contribution is -2.36. The first-order valence-electron chi connectivity index (χ1n) is 7.45. The van der Waals surface area contributed by atoms with Gasteiger partial charge in [-0.05, 0) is 25.5 Å². The molecule has 2 heterocycles. The minimum absolute atomic E-state index is 0.0301. The summed E-state index contributed by atoms with van der Waals surface area (Å²) in [6.07, 6.45) is 2.31. The van der Waals surface area contributed by atoms with E-state index in [4.69, 9.17) is 0 Å². The average molecular weight is 315 g/mol. The third kappa shape index (κ3) is 4.15. The second-order valence-electron chi connectivity index (χ2n) is 5.47. The zero-order valence-electron chi connectivity index (χ0n) is 13.8. The van der Waals surface area contributed by atoms with Crippen LogP contribution >= 0.6 is 0 Å². The number of aryl methyl sites for hydroxylation is 1. The summed E-state index contributed by atoms with van der Waals surface area (Å²) in [5, 5.41) is 3.04. The number of amides is 1. The molecule has 0 aliphatic rings. The van der Waals surface area contributed by atoms with Gasteiger partial charge in [0.1, 0.15) is 17.7 Å². The SMILES string of the molecule is CCc1cc(=O)[nH]c(-c2ccc(N[C@@H](C)C(=O)N(C)C)nc2)n1. The molecule has 7 nitrogen and oxygen atoms in total. The topological polar surface area (TPSA) is 91.0 Å². The molecule has 0 saturated carbocycles. The Bertz CT molecular complexity index is 737. The second-order valence-corrected chi connectivity index (χ2v) is 5.47. The van der Waals surface area contributed by atoms with E-state index in [0.717, 1.165) is 11.3 Å². The molecule has 0 radical (unpaired) electrons. The molecule has 2 rings (SSSR count). The van der Waals surface area contributed by atoms with Crippen LogP contribution in [0.5, 0.6) is 0 Å². The summed E-state index contributed by atoms with van der Waals surface area (Å²) in [6, 6.07) is 4.68. The molecule has 0 bridgehead atoms. The second kappa shape index (κ2) is 7.04. The summed E-state index contributed by atoms with van der Waals surface area (Å²) in [5.41, 5.74) is 1.27. The van der Waals surface area contributed by atoms with Crippen LogP contribution in [-0.4, -0.2) is 45.9 Å². The lowest BCUT2D eigenvalue weighted by molar-refractivity contribution is -0.129. The molecule has 0 unspecified atom stereocenters. The number of carbonyl (C=O) groups is 1. The number of rotatable bonds is 5. The van der Waals surface area contributed by atoms with Crippen molar-refractivity contribution in [3.8, 4) is 11.4 Å². The molecule has 1 atom stereocenters. The van der Waals surface area contributed by atoms with Gasteiger partial charge in [0.05, 0.1) is 0 Å². The van der Waals surface area contributed by atoms with Crippen molar-refractivity contribution in [2.24, 2.45) is 0 Å². The van der Waals surface area contributed by atoms with E-state index >= 15 is 0 Å². The molecule has 23 heavy (non-hydrogen) atoms. The van der Waals surface area contributed by atoms with Gasteiger partial charge in [0.15, 0.2) is 0 Å². The fraction of sp³-hybridized carbons (Fsp3) is 0.375. The molecule has 0 fully saturated rings. The Morgan fingerprint density at radius 2 is 2.13 bits per heavy atom. The smallest absolute Gasteiger partial charge is 0.251 e. The molecule has 0 spiro atoms. The van der Waals surface area contributed by atoms with Gasteiger partial charge in [-0.3, -0.25) is 9.59 Å². The van der Waals surface area contributed by atoms with Crippen molar-refractivity contribution in [1.29, 1.82) is 0 Å². The van der Waals surface area contributed by atoms with E-state index in [2.05, 4.69) is 20.3 Å². The quantitative estimate of drug-likeness (QED) is 0.867. The number of pyridine rings is 1. The van der Waals surface area contributed by atoms with Crippen LogP contribution < -0.4 is 10.9 Å². The third-order valence-electron chi connectivity index (χ3n) is 3.37. The predicted molar refractivity (Wildman–Crippen MR) is 89.2 cm³/mol. The number of anilines is 1. The van der Waals surface area contributed by atoms with Gasteiger partial charge in [0, 0.05) is 37.6 Å². The maximum Gasteiger partial charge on any atom is 0.251 e. The predicted octanol–water partition coefficient (Wildman–Crippen LogP) is 1.28. The number of aromatic amines is 1. The normalized spacial score (nSPS) is 11.8. The van der Waals surface area contributed by atoms with Gasteiger partial charge in [0.2, 0.25) is 5.91 Å². The number of nitrogens with one attached hydrogen (secondary N) is 2. The number of likely N-dealkylation sites (N-methyl/N-ethyl adjacent to an activating group) is 1. The van der Waals surface area contributed by atoms with Crippen molar-refractivity contribution in [2.75, 3.05) is 19.4 Å². The van der Waals surface area contributed by atoms with Crippen LogP contribution in [0.15, 0.2) is 29.2 Å². The van der Waals surface area contributed by atoms with Gasteiger partial charge < -0.3 is 15.2 Å². The van der Waals surface area contributed by atoms with E-state index in [0.29, 0.717) is 18.1 Å². The number of hydrogen-bond acceptors (Lipinski definition) is 5. The molecule has 122 valence electrons. The average Bonchev–Trinajstić information content (AvgIpc) is 2.53. The van der Waals surface area contributed by atoms with Crippen molar-refractivity contribution in [2.45, 2.75) is 26.3 Å². The Kier molecular flexibility index (Phi) is 5.10. The van der Waals surface area contributed by atoms with E-state index in [1.54, 1.807) is 39.3 Å². The first-order chi connectivity index (χ1) is 10.9. The van der Waals surface area contributed by atoms with E-state index < -0.39 is 0 Å². The Morgan fingerprint density at radius 1 is 1.39 bits per heavy atom. The number of hydrogen-bond donors (Lipinski definition) is 2. The standard InChI is InChI=1S/C16H21N5O2/c1-5-12-8-14(22)20-15(19-12)11-6-7-13(17-9-11)18-10(2)16(23)21(3)4/h6-10H,5H2,1-4H3,(H,17,18)(H,19,20,22)/t10-/m0/s1. The van der Waals surface area contributed by atoms with Gasteiger partial charge in [-0.25, -0.2) is 9.97 Å². The van der Waals surface area contributed by atoms with E-state index in [9.17, 15) is 9.59 Å². The van der Waals surface area contributed by atoms with Crippen molar-refractivity contribution in [1.82, 2.24) is 19.9 Å². The largest absolute Gasteiger partial charge is 0.359 e. The molecule has 2 N–H and O–H groups in total. The minimum Gasteiger partial charge on any atom is -0.359 e. The van der Waals surface area contributed by atoms with E-state index in [1.807, 2.05) is 6.92 Å². The molecule has 2 aromatic rings. The molecule has 0 aliphatic carbocycles. The first kappa shape index (κ1) is 16.7. The summed E-state index contributed by atoms with van der Waals surface area (Å²) in [4.78, 5) is 36.3. The zero-order chi connectivity index (χ0) is 17.0. The molecule has 0 aliphatic heterocycles. The lowest BCUT2D eigenvalue weighted by atomic mass is 10.2. The molecule has 1 amide bonds. The highest BCUT2D eigenvalue weighted by Crippen LogP contribution is 2.15. The number of nitrogens with zero attached hydrogens (tertiary/aromatic N) is 3. The molecule has 0 saturated heterocycles. The summed E-state index contributed by atoms with van der Waals surface area (Å²) in [6.45, 7) is 3.72. The minimum atomic E-state index is -0.371. The fourth-order valence-electron chi connectivity index (χ4n) is 2.12. The van der Waals surface area contributed by atoms with Gasteiger partial charge in [-0.15, -0.1) is 0 Å². The van der Waals surface area contributed by atoms with Crippen LogP contribution in [0, 0.1) is 0 Å². The van der Waals surface area contributed by atoms with Crippen molar-refractivity contribution >= 4 is 11.7 Å². The zero-order valence-corrected chi connectivity index (χ0v) is 13.8. The Hall–Kier alpha value is -2.70. The number of aromatic nitrogens is 3.